The van der Waals surface area contributed by atoms with Gasteiger partial charge in [-0.15, -0.1) is 0 Å². The van der Waals surface area contributed by atoms with Crippen molar-refractivity contribution in [3.8, 4) is 0 Å². The first-order valence-corrected chi connectivity index (χ1v) is 10.0. The number of carbonyl (C=O) groups is 1. The fourth-order valence-corrected chi connectivity index (χ4v) is 4.82. The largest absolute Gasteiger partial charge is 0.308 e. The summed E-state index contributed by atoms with van der Waals surface area (Å²) >= 11 is 0. The summed E-state index contributed by atoms with van der Waals surface area (Å²) in [5.41, 5.74) is 0.817. The van der Waals surface area contributed by atoms with Crippen molar-refractivity contribution in [2.75, 3.05) is 37.6 Å². The van der Waals surface area contributed by atoms with Gasteiger partial charge in [0.15, 0.2) is 0 Å². The molecule has 2 aliphatic heterocycles. The van der Waals surface area contributed by atoms with Crippen LogP contribution in [0.5, 0.6) is 0 Å². The van der Waals surface area contributed by atoms with E-state index < -0.39 is 10.2 Å². The highest BCUT2D eigenvalue weighted by Crippen LogP contribution is 2.24. The van der Waals surface area contributed by atoms with Crippen LogP contribution >= 0.6 is 0 Å². The predicted octanol–water partition coefficient (Wildman–Crippen LogP) is -0.614. The third-order valence-electron chi connectivity index (χ3n) is 4.62. The number of amides is 1. The number of hydrogen-bond donors (Lipinski definition) is 1. The number of nitrogens with zero attached hydrogens (tertiary/aromatic N) is 5. The SMILES string of the molecule is CC(C)NS(=O)(=O)N1CCN(C2CCN(c3cnn(C)c3)C2=O)CC1. The number of aryl methyl sites for hydroxylation is 1. The Bertz CT molecular complexity index is 723. The molecule has 1 amide bonds. The van der Waals surface area contributed by atoms with Crippen LogP contribution in [-0.2, 0) is 22.1 Å². The second-order valence-corrected chi connectivity index (χ2v) is 8.58. The zero-order chi connectivity index (χ0) is 18.2. The highest BCUT2D eigenvalue weighted by atomic mass is 32.2. The summed E-state index contributed by atoms with van der Waals surface area (Å²) in [4.78, 5) is 16.6. The van der Waals surface area contributed by atoms with E-state index in [1.54, 1.807) is 29.6 Å². The molecule has 1 aromatic rings. The van der Waals surface area contributed by atoms with Crippen LogP contribution in [0.15, 0.2) is 12.4 Å². The zero-order valence-corrected chi connectivity index (χ0v) is 15.7. The first-order chi connectivity index (χ1) is 11.8. The van der Waals surface area contributed by atoms with Gasteiger partial charge in [-0.25, -0.2) is 0 Å². The minimum absolute atomic E-state index is 0.0737. The van der Waals surface area contributed by atoms with Crippen LogP contribution in [-0.4, -0.2) is 78.1 Å². The Labute approximate surface area is 148 Å². The molecule has 1 aromatic heterocycles. The molecule has 0 aromatic carbocycles. The van der Waals surface area contributed by atoms with Crippen molar-refractivity contribution in [3.63, 3.8) is 0 Å². The Hall–Kier alpha value is -1.49. The van der Waals surface area contributed by atoms with Crippen molar-refractivity contribution in [2.24, 2.45) is 7.05 Å². The molecule has 2 saturated heterocycles. The molecule has 0 radical (unpaired) electrons. The standard InChI is InChI=1S/C15H26N6O3S/c1-12(2)17-25(23,24)20-8-6-19(7-9-20)14-4-5-21(15(14)22)13-10-16-18(3)11-13/h10-12,14,17H,4-9H2,1-3H3. The molecule has 3 heterocycles. The van der Waals surface area contributed by atoms with E-state index in [9.17, 15) is 13.2 Å². The van der Waals surface area contributed by atoms with Crippen LogP contribution in [0.3, 0.4) is 0 Å². The number of nitrogens with one attached hydrogen (secondary N) is 1. The molecule has 0 saturated carbocycles. The number of piperazine rings is 1. The fourth-order valence-electron chi connectivity index (χ4n) is 3.44. The topological polar surface area (TPSA) is 90.8 Å². The predicted molar refractivity (Wildman–Crippen MR) is 94.3 cm³/mol. The maximum Gasteiger partial charge on any atom is 0.279 e. The summed E-state index contributed by atoms with van der Waals surface area (Å²) in [6.07, 6.45) is 4.29. The lowest BCUT2D eigenvalue weighted by Gasteiger charge is -2.36. The number of aromatic nitrogens is 2. The average Bonchev–Trinajstić information content (AvgIpc) is 3.12. The van der Waals surface area contributed by atoms with Gasteiger partial charge < -0.3 is 4.90 Å². The van der Waals surface area contributed by atoms with Crippen molar-refractivity contribution in [1.29, 1.82) is 0 Å². The second kappa shape index (κ2) is 7.02. The van der Waals surface area contributed by atoms with Gasteiger partial charge in [0.1, 0.15) is 0 Å². The lowest BCUT2D eigenvalue weighted by atomic mass is 10.2. The van der Waals surface area contributed by atoms with E-state index in [2.05, 4.69) is 14.7 Å². The first-order valence-electron chi connectivity index (χ1n) is 8.59. The van der Waals surface area contributed by atoms with Crippen LogP contribution < -0.4 is 9.62 Å². The number of carbonyl (C=O) groups excluding carboxylic acids is 1. The molecule has 0 spiro atoms. The molecule has 140 valence electrons. The van der Waals surface area contributed by atoms with Crippen LogP contribution in [0.2, 0.25) is 0 Å². The molecule has 1 unspecified atom stereocenters. The first kappa shape index (κ1) is 18.3. The van der Waals surface area contributed by atoms with Gasteiger partial charge in [-0.3, -0.25) is 14.4 Å². The van der Waals surface area contributed by atoms with Crippen molar-refractivity contribution in [2.45, 2.75) is 32.4 Å². The highest BCUT2D eigenvalue weighted by Gasteiger charge is 2.39. The van der Waals surface area contributed by atoms with E-state index in [0.717, 1.165) is 12.1 Å². The molecular weight excluding hydrogens is 344 g/mol. The zero-order valence-electron chi connectivity index (χ0n) is 14.9. The van der Waals surface area contributed by atoms with E-state index in [-0.39, 0.29) is 18.0 Å². The summed E-state index contributed by atoms with van der Waals surface area (Å²) in [6.45, 7) is 6.21. The van der Waals surface area contributed by atoms with Crippen molar-refractivity contribution in [3.05, 3.63) is 12.4 Å². The van der Waals surface area contributed by atoms with Gasteiger partial charge >= 0.3 is 0 Å². The van der Waals surface area contributed by atoms with Gasteiger partial charge in [-0.05, 0) is 20.3 Å². The van der Waals surface area contributed by atoms with E-state index in [1.165, 1.54) is 4.31 Å². The summed E-state index contributed by atoms with van der Waals surface area (Å²) in [5, 5.41) is 4.12. The highest BCUT2D eigenvalue weighted by molar-refractivity contribution is 7.87. The quantitative estimate of drug-likeness (QED) is 0.746. The fraction of sp³-hybridized carbons (Fsp3) is 0.733. The molecule has 2 fully saturated rings. The lowest BCUT2D eigenvalue weighted by Crippen LogP contribution is -2.56. The normalized spacial score (nSPS) is 23.8. The maximum absolute atomic E-state index is 12.7. The number of hydrogen-bond acceptors (Lipinski definition) is 5. The molecule has 0 aliphatic carbocycles. The van der Waals surface area contributed by atoms with Crippen molar-refractivity contribution >= 4 is 21.8 Å². The molecule has 25 heavy (non-hydrogen) atoms. The number of anilines is 1. The minimum Gasteiger partial charge on any atom is -0.308 e. The molecule has 10 heteroatoms. The Balaban J connectivity index is 1.59. The molecular formula is C15H26N6O3S. The summed E-state index contributed by atoms with van der Waals surface area (Å²) in [7, 11) is -1.62. The summed E-state index contributed by atoms with van der Waals surface area (Å²) in [5.74, 6) is 0.0737. The number of rotatable bonds is 5. The Morgan fingerprint density at radius 1 is 1.20 bits per heavy atom. The lowest BCUT2D eigenvalue weighted by molar-refractivity contribution is -0.122. The third-order valence-corrected chi connectivity index (χ3v) is 6.43. The van der Waals surface area contributed by atoms with E-state index in [4.69, 9.17) is 0 Å². The van der Waals surface area contributed by atoms with Crippen molar-refractivity contribution in [1.82, 2.24) is 23.7 Å². The van der Waals surface area contributed by atoms with Gasteiger partial charge in [-0.1, -0.05) is 0 Å². The Morgan fingerprint density at radius 2 is 1.88 bits per heavy atom. The molecule has 3 rings (SSSR count). The summed E-state index contributed by atoms with van der Waals surface area (Å²) in [6, 6.07) is -0.310. The van der Waals surface area contributed by atoms with Crippen molar-refractivity contribution < 1.29 is 13.2 Å². The molecule has 9 nitrogen and oxygen atoms in total. The molecule has 0 bridgehead atoms. The minimum atomic E-state index is -3.44. The smallest absolute Gasteiger partial charge is 0.279 e. The molecule has 2 aliphatic rings. The van der Waals surface area contributed by atoms with Gasteiger partial charge in [0.2, 0.25) is 5.91 Å². The third kappa shape index (κ3) is 3.86. The maximum atomic E-state index is 12.7. The van der Waals surface area contributed by atoms with E-state index in [0.29, 0.717) is 32.7 Å². The second-order valence-electron chi connectivity index (χ2n) is 6.88. The van der Waals surface area contributed by atoms with Gasteiger partial charge in [0.05, 0.1) is 17.9 Å². The van der Waals surface area contributed by atoms with Gasteiger partial charge in [-0.2, -0.15) is 22.5 Å². The Morgan fingerprint density at radius 3 is 2.44 bits per heavy atom. The van der Waals surface area contributed by atoms with Crippen LogP contribution in [0, 0.1) is 0 Å². The summed E-state index contributed by atoms with van der Waals surface area (Å²) < 4.78 is 30.2. The van der Waals surface area contributed by atoms with E-state index >= 15 is 0 Å². The van der Waals surface area contributed by atoms with Gasteiger partial charge in [0.25, 0.3) is 10.2 Å². The van der Waals surface area contributed by atoms with Crippen LogP contribution in [0.4, 0.5) is 5.69 Å². The average molecular weight is 370 g/mol. The Kier molecular flexibility index (Phi) is 5.14. The van der Waals surface area contributed by atoms with Crippen LogP contribution in [0.1, 0.15) is 20.3 Å². The molecule has 1 atom stereocenters. The molecule has 1 N–H and O–H groups in total. The monoisotopic (exact) mass is 370 g/mol. The van der Waals surface area contributed by atoms with Crippen LogP contribution in [0.25, 0.3) is 0 Å². The van der Waals surface area contributed by atoms with E-state index in [1.807, 2.05) is 13.2 Å². The van der Waals surface area contributed by atoms with Gasteiger partial charge in [0, 0.05) is 52.0 Å².